The molecule has 0 fully saturated rings. The smallest absolute Gasteiger partial charge is 0.404 e. The summed E-state index contributed by atoms with van der Waals surface area (Å²) in [5.74, 6) is -1.62. The summed E-state index contributed by atoms with van der Waals surface area (Å²) in [5.41, 5.74) is 7.52. The maximum absolute atomic E-state index is 12.9. The van der Waals surface area contributed by atoms with E-state index >= 15 is 0 Å². The molecule has 1 aromatic carbocycles. The summed E-state index contributed by atoms with van der Waals surface area (Å²) in [4.78, 5) is 27.2. The average molecular weight is 421 g/mol. The van der Waals surface area contributed by atoms with Crippen LogP contribution in [0.25, 0.3) is 16.5 Å². The third-order valence-corrected chi connectivity index (χ3v) is 5.04. The first-order chi connectivity index (χ1) is 14.3. The van der Waals surface area contributed by atoms with Gasteiger partial charge >= 0.3 is 12.3 Å². The topological polar surface area (TPSA) is 94.3 Å². The van der Waals surface area contributed by atoms with Gasteiger partial charge in [-0.3, -0.25) is 9.78 Å². The summed E-state index contributed by atoms with van der Waals surface area (Å²) in [5, 5.41) is 3.44. The molecule has 160 valence electrons. The Kier molecular flexibility index (Phi) is 6.59. The lowest BCUT2D eigenvalue weighted by Crippen LogP contribution is -2.26. The highest BCUT2D eigenvalue weighted by Gasteiger charge is 2.39. The molecule has 0 saturated carbocycles. The first-order valence-corrected chi connectivity index (χ1v) is 9.61. The standard InChI is InChI=1S/C21H22F3N3O3/c22-21(23,24)16-7-5-13(6-8-16)17-4-1-3-14-11-15(12-27-18(14)17)19(28)26-9-2-10-30-20(25)29/h1,3-5,11-12,16H,2,6-10H2,(H2,25,29)(H,26,28)/t16-/m1/s1. The van der Waals surface area contributed by atoms with Crippen molar-refractivity contribution in [3.05, 3.63) is 47.7 Å². The molecule has 0 saturated heterocycles. The number of hydrogen-bond donors (Lipinski definition) is 2. The maximum atomic E-state index is 12.9. The van der Waals surface area contributed by atoms with Gasteiger partial charge in [-0.25, -0.2) is 4.79 Å². The van der Waals surface area contributed by atoms with E-state index in [2.05, 4.69) is 15.0 Å². The van der Waals surface area contributed by atoms with Crippen LogP contribution in [0, 0.1) is 5.92 Å². The van der Waals surface area contributed by atoms with E-state index in [1.54, 1.807) is 18.2 Å². The lowest BCUT2D eigenvalue weighted by atomic mass is 9.85. The van der Waals surface area contributed by atoms with Crippen molar-refractivity contribution in [1.82, 2.24) is 10.3 Å². The van der Waals surface area contributed by atoms with Crippen LogP contribution in [0.2, 0.25) is 0 Å². The van der Waals surface area contributed by atoms with Crippen molar-refractivity contribution in [3.8, 4) is 0 Å². The van der Waals surface area contributed by atoms with E-state index in [0.717, 1.165) is 16.5 Å². The van der Waals surface area contributed by atoms with Crippen molar-refractivity contribution >= 4 is 28.5 Å². The van der Waals surface area contributed by atoms with Gasteiger partial charge in [-0.1, -0.05) is 24.3 Å². The number of benzene rings is 1. The number of ether oxygens (including phenoxy) is 1. The third-order valence-electron chi connectivity index (χ3n) is 5.04. The molecule has 0 aliphatic heterocycles. The molecule has 3 N–H and O–H groups in total. The van der Waals surface area contributed by atoms with Crippen LogP contribution in [0.3, 0.4) is 0 Å². The summed E-state index contributed by atoms with van der Waals surface area (Å²) >= 11 is 0. The molecule has 1 heterocycles. The number of halogens is 3. The van der Waals surface area contributed by atoms with Crippen LogP contribution < -0.4 is 11.1 Å². The molecule has 30 heavy (non-hydrogen) atoms. The van der Waals surface area contributed by atoms with Crippen LogP contribution in [0.4, 0.5) is 18.0 Å². The highest BCUT2D eigenvalue weighted by Crippen LogP contribution is 2.40. The van der Waals surface area contributed by atoms with Crippen LogP contribution >= 0.6 is 0 Å². The van der Waals surface area contributed by atoms with Crippen molar-refractivity contribution in [3.63, 3.8) is 0 Å². The van der Waals surface area contributed by atoms with E-state index in [4.69, 9.17) is 5.73 Å². The van der Waals surface area contributed by atoms with Crippen LogP contribution in [0.5, 0.6) is 0 Å². The fourth-order valence-electron chi connectivity index (χ4n) is 3.47. The number of nitrogens with two attached hydrogens (primary N) is 1. The van der Waals surface area contributed by atoms with E-state index in [-0.39, 0.29) is 25.4 Å². The highest BCUT2D eigenvalue weighted by molar-refractivity contribution is 5.99. The Balaban J connectivity index is 1.71. The quantitative estimate of drug-likeness (QED) is 0.684. The molecule has 9 heteroatoms. The molecule has 1 aliphatic rings. The van der Waals surface area contributed by atoms with E-state index in [1.165, 1.54) is 6.20 Å². The molecule has 0 spiro atoms. The summed E-state index contributed by atoms with van der Waals surface area (Å²) < 4.78 is 43.3. The molecular weight excluding hydrogens is 399 g/mol. The number of alkyl halides is 3. The molecule has 0 bridgehead atoms. The van der Waals surface area contributed by atoms with Crippen molar-refractivity contribution in [2.45, 2.75) is 31.9 Å². The predicted octanol–water partition coefficient (Wildman–Crippen LogP) is 4.20. The predicted molar refractivity (Wildman–Crippen MR) is 106 cm³/mol. The number of carbonyl (C=O) groups is 2. The zero-order chi connectivity index (χ0) is 21.7. The van der Waals surface area contributed by atoms with Crippen LogP contribution in [-0.2, 0) is 4.74 Å². The fraction of sp³-hybridized carbons (Fsp3) is 0.381. The van der Waals surface area contributed by atoms with Gasteiger partial charge in [-0.05, 0) is 37.3 Å². The van der Waals surface area contributed by atoms with E-state index in [0.29, 0.717) is 30.5 Å². The van der Waals surface area contributed by atoms with Crippen molar-refractivity contribution in [2.75, 3.05) is 13.2 Å². The number of hydrogen-bond acceptors (Lipinski definition) is 4. The van der Waals surface area contributed by atoms with Gasteiger partial charge in [0, 0.05) is 23.7 Å². The van der Waals surface area contributed by atoms with Gasteiger partial charge < -0.3 is 15.8 Å². The van der Waals surface area contributed by atoms with Gasteiger partial charge in [-0.15, -0.1) is 0 Å². The molecule has 2 amide bonds. The van der Waals surface area contributed by atoms with Crippen LogP contribution in [-0.4, -0.2) is 36.3 Å². The molecule has 1 aromatic heterocycles. The lowest BCUT2D eigenvalue weighted by Gasteiger charge is -2.24. The minimum atomic E-state index is -4.17. The molecule has 3 rings (SSSR count). The third kappa shape index (κ3) is 5.28. The number of para-hydroxylation sites is 1. The fourth-order valence-corrected chi connectivity index (χ4v) is 3.47. The van der Waals surface area contributed by atoms with Gasteiger partial charge in [0.15, 0.2) is 0 Å². The van der Waals surface area contributed by atoms with Crippen molar-refractivity contribution < 1.29 is 27.5 Å². The largest absolute Gasteiger partial charge is 0.450 e. The normalized spacial score (nSPS) is 16.8. The number of pyridine rings is 1. The van der Waals surface area contributed by atoms with E-state index in [9.17, 15) is 22.8 Å². The molecule has 0 unspecified atom stereocenters. The Morgan fingerprint density at radius 3 is 2.77 bits per heavy atom. The van der Waals surface area contributed by atoms with Gasteiger partial charge in [0.05, 0.1) is 23.6 Å². The Morgan fingerprint density at radius 2 is 2.10 bits per heavy atom. The molecule has 0 radical (unpaired) electrons. The maximum Gasteiger partial charge on any atom is 0.404 e. The van der Waals surface area contributed by atoms with Gasteiger partial charge in [0.2, 0.25) is 0 Å². The van der Waals surface area contributed by atoms with Crippen LogP contribution in [0.1, 0.15) is 41.6 Å². The average Bonchev–Trinajstić information content (AvgIpc) is 2.71. The monoisotopic (exact) mass is 421 g/mol. The van der Waals surface area contributed by atoms with Crippen molar-refractivity contribution in [1.29, 1.82) is 0 Å². The number of carbonyl (C=O) groups excluding carboxylic acids is 2. The summed E-state index contributed by atoms with van der Waals surface area (Å²) in [6.45, 7) is 0.413. The lowest BCUT2D eigenvalue weighted by molar-refractivity contribution is -0.175. The minimum absolute atomic E-state index is 0.0326. The zero-order valence-electron chi connectivity index (χ0n) is 16.2. The van der Waals surface area contributed by atoms with E-state index in [1.807, 2.05) is 12.1 Å². The molecule has 2 aromatic rings. The van der Waals surface area contributed by atoms with Gasteiger partial charge in [0.25, 0.3) is 5.91 Å². The molecular formula is C21H22F3N3O3. The number of nitrogens with zero attached hydrogens (tertiary/aromatic N) is 1. The number of nitrogens with one attached hydrogen (secondary N) is 1. The molecule has 6 nitrogen and oxygen atoms in total. The Morgan fingerprint density at radius 1 is 1.30 bits per heavy atom. The number of rotatable bonds is 6. The minimum Gasteiger partial charge on any atom is -0.450 e. The zero-order valence-corrected chi connectivity index (χ0v) is 16.2. The molecule has 1 atom stereocenters. The Labute approximate surface area is 171 Å². The number of amides is 2. The first kappa shape index (κ1) is 21.6. The number of fused-ring (bicyclic) bond motifs is 1. The summed E-state index contributed by atoms with van der Waals surface area (Å²) in [6, 6.07) is 7.15. The second kappa shape index (κ2) is 9.15. The number of allylic oxidation sites excluding steroid dienone is 2. The van der Waals surface area contributed by atoms with E-state index < -0.39 is 18.2 Å². The Bertz CT molecular complexity index is 973. The summed E-state index contributed by atoms with van der Waals surface area (Å²) in [6.07, 6.45) is -1.16. The highest BCUT2D eigenvalue weighted by atomic mass is 19.4. The Hall–Kier alpha value is -3.10. The number of primary amides is 1. The second-order valence-corrected chi connectivity index (χ2v) is 7.12. The summed E-state index contributed by atoms with van der Waals surface area (Å²) in [7, 11) is 0. The second-order valence-electron chi connectivity index (χ2n) is 7.12. The van der Waals surface area contributed by atoms with Crippen LogP contribution in [0.15, 0.2) is 36.5 Å². The van der Waals surface area contributed by atoms with Crippen molar-refractivity contribution in [2.24, 2.45) is 11.7 Å². The van der Waals surface area contributed by atoms with Gasteiger partial charge in [0.1, 0.15) is 0 Å². The SMILES string of the molecule is NC(=O)OCCCNC(=O)c1cnc2c(C3=CC[C@@H](C(F)(F)F)CC3)cccc2c1. The van der Waals surface area contributed by atoms with Gasteiger partial charge in [-0.2, -0.15) is 13.2 Å². The molecule has 1 aliphatic carbocycles. The first-order valence-electron chi connectivity index (χ1n) is 9.61. The number of aromatic nitrogens is 1.